The summed E-state index contributed by atoms with van der Waals surface area (Å²) < 4.78 is 1.68. The molecule has 0 bridgehead atoms. The fourth-order valence-corrected chi connectivity index (χ4v) is 4.12. The number of hydrogen-bond acceptors (Lipinski definition) is 6. The monoisotopic (exact) mass is 435 g/mol. The predicted molar refractivity (Wildman–Crippen MR) is 126 cm³/mol. The normalized spacial score (nSPS) is 15.0. The summed E-state index contributed by atoms with van der Waals surface area (Å²) in [6.45, 7) is 4.07. The molecule has 1 aliphatic rings. The van der Waals surface area contributed by atoms with Crippen molar-refractivity contribution in [2.24, 2.45) is 7.05 Å². The Hall–Kier alpha value is -3.46. The van der Waals surface area contributed by atoms with E-state index in [9.17, 15) is 9.59 Å². The molecule has 3 aromatic rings. The number of nitrogens with one attached hydrogen (secondary N) is 2. The van der Waals surface area contributed by atoms with Crippen LogP contribution >= 0.6 is 0 Å². The van der Waals surface area contributed by atoms with Gasteiger partial charge in [0.15, 0.2) is 5.65 Å². The van der Waals surface area contributed by atoms with Crippen molar-refractivity contribution in [3.63, 3.8) is 0 Å². The molecule has 4 rings (SSSR count). The summed E-state index contributed by atoms with van der Waals surface area (Å²) in [5, 5.41) is 10.4. The highest BCUT2D eigenvalue weighted by Gasteiger charge is 2.21. The molecule has 0 saturated carbocycles. The van der Waals surface area contributed by atoms with E-state index in [1.165, 1.54) is 6.20 Å². The van der Waals surface area contributed by atoms with Gasteiger partial charge in [-0.1, -0.05) is 0 Å². The van der Waals surface area contributed by atoms with E-state index in [4.69, 9.17) is 0 Å². The molecule has 2 N–H and O–H groups in total. The summed E-state index contributed by atoms with van der Waals surface area (Å²) >= 11 is 0. The lowest BCUT2D eigenvalue weighted by Gasteiger charge is -2.36. The van der Waals surface area contributed by atoms with Gasteiger partial charge >= 0.3 is 11.8 Å². The first-order chi connectivity index (χ1) is 15.3. The maximum absolute atomic E-state index is 12.4. The molecule has 0 unspecified atom stereocenters. The Kier molecular flexibility index (Phi) is 6.09. The number of pyridine rings is 1. The Morgan fingerprint density at radius 3 is 2.31 bits per heavy atom. The smallest absolute Gasteiger partial charge is 0.314 e. The number of anilines is 3. The maximum atomic E-state index is 12.4. The summed E-state index contributed by atoms with van der Waals surface area (Å²) in [5.41, 5.74) is 3.63. The third-order valence-corrected chi connectivity index (χ3v) is 6.10. The summed E-state index contributed by atoms with van der Waals surface area (Å²) in [4.78, 5) is 33.7. The van der Waals surface area contributed by atoms with Crippen LogP contribution in [0.15, 0.2) is 36.5 Å². The second kappa shape index (κ2) is 8.96. The van der Waals surface area contributed by atoms with Crippen LogP contribution in [-0.2, 0) is 16.6 Å². The van der Waals surface area contributed by atoms with Gasteiger partial charge in [0.2, 0.25) is 0 Å². The molecule has 1 fully saturated rings. The fourth-order valence-electron chi connectivity index (χ4n) is 4.12. The second-order valence-electron chi connectivity index (χ2n) is 8.40. The van der Waals surface area contributed by atoms with E-state index in [-0.39, 0.29) is 0 Å². The Morgan fingerprint density at radius 1 is 1.03 bits per heavy atom. The third-order valence-electron chi connectivity index (χ3n) is 6.10. The average Bonchev–Trinajstić information content (AvgIpc) is 3.07. The van der Waals surface area contributed by atoms with Crippen molar-refractivity contribution >= 4 is 39.9 Å². The predicted octanol–water partition coefficient (Wildman–Crippen LogP) is 2.38. The van der Waals surface area contributed by atoms with Gasteiger partial charge in [-0.15, -0.1) is 0 Å². The lowest BCUT2D eigenvalue weighted by molar-refractivity contribution is -0.132. The quantitative estimate of drug-likeness (QED) is 0.611. The molecule has 1 aliphatic heterocycles. The van der Waals surface area contributed by atoms with E-state index in [0.717, 1.165) is 48.3 Å². The number of carbonyl (C=O) groups is 2. The first kappa shape index (κ1) is 21.8. The summed E-state index contributed by atoms with van der Waals surface area (Å²) in [5.74, 6) is -1.48. The van der Waals surface area contributed by atoms with Crippen molar-refractivity contribution in [2.45, 2.75) is 25.8 Å². The van der Waals surface area contributed by atoms with Gasteiger partial charge in [-0.05, 0) is 70.2 Å². The number of amides is 2. The minimum absolute atomic E-state index is 0.448. The van der Waals surface area contributed by atoms with Gasteiger partial charge < -0.3 is 20.4 Å². The molecule has 168 valence electrons. The number of fused-ring (bicyclic) bond motifs is 1. The Labute approximate surface area is 187 Å². The number of likely N-dealkylation sites (tertiary alicyclic amines) is 1. The zero-order valence-electron chi connectivity index (χ0n) is 18.9. The van der Waals surface area contributed by atoms with E-state index >= 15 is 0 Å². The molecule has 2 amide bonds. The highest BCUT2D eigenvalue weighted by atomic mass is 16.2. The number of nitrogens with zero attached hydrogens (tertiary/aromatic N) is 5. The minimum Gasteiger partial charge on any atom is -0.372 e. The zero-order valence-corrected chi connectivity index (χ0v) is 18.9. The van der Waals surface area contributed by atoms with Crippen LogP contribution in [0.2, 0.25) is 0 Å². The summed E-state index contributed by atoms with van der Waals surface area (Å²) in [6.07, 6.45) is 3.78. The topological polar surface area (TPSA) is 95.4 Å². The van der Waals surface area contributed by atoms with E-state index in [1.807, 2.05) is 38.2 Å². The van der Waals surface area contributed by atoms with Gasteiger partial charge in [-0.2, -0.15) is 5.10 Å². The van der Waals surface area contributed by atoms with E-state index in [0.29, 0.717) is 17.4 Å². The van der Waals surface area contributed by atoms with Crippen molar-refractivity contribution in [3.05, 3.63) is 42.2 Å². The van der Waals surface area contributed by atoms with Crippen LogP contribution in [0.25, 0.3) is 11.0 Å². The van der Waals surface area contributed by atoms with Crippen LogP contribution in [0, 0.1) is 6.92 Å². The fraction of sp³-hybridized carbons (Fsp3) is 0.391. The molecule has 1 saturated heterocycles. The van der Waals surface area contributed by atoms with Crippen LogP contribution in [0.1, 0.15) is 18.5 Å². The average molecular weight is 436 g/mol. The van der Waals surface area contributed by atoms with Gasteiger partial charge in [0, 0.05) is 36.9 Å². The molecule has 1 aromatic carbocycles. The summed E-state index contributed by atoms with van der Waals surface area (Å²) in [7, 11) is 6.06. The molecular weight excluding hydrogens is 406 g/mol. The molecule has 32 heavy (non-hydrogen) atoms. The molecule has 9 heteroatoms. The zero-order chi connectivity index (χ0) is 22.8. The van der Waals surface area contributed by atoms with Crippen molar-refractivity contribution in [2.75, 3.05) is 42.7 Å². The molecule has 9 nitrogen and oxygen atoms in total. The molecule has 0 atom stereocenters. The highest BCUT2D eigenvalue weighted by Crippen LogP contribution is 2.23. The highest BCUT2D eigenvalue weighted by molar-refractivity contribution is 6.43. The van der Waals surface area contributed by atoms with Gasteiger partial charge in [0.05, 0.1) is 17.6 Å². The van der Waals surface area contributed by atoms with Crippen LogP contribution in [0.5, 0.6) is 0 Å². The number of piperidine rings is 1. The van der Waals surface area contributed by atoms with Crippen molar-refractivity contribution in [3.8, 4) is 0 Å². The Balaban J connectivity index is 1.36. The van der Waals surface area contributed by atoms with Crippen LogP contribution in [-0.4, -0.2) is 64.7 Å². The first-order valence-electron chi connectivity index (χ1n) is 10.7. The Bertz CT molecular complexity index is 1130. The SMILES string of the molecule is Cc1nn(C)c2ncc(NC(=O)C(=O)Nc3ccc(N(C)C4CCN(C)CC4)cc3)cc12. The van der Waals surface area contributed by atoms with E-state index in [2.05, 4.69) is 44.6 Å². The molecule has 0 aliphatic carbocycles. The standard InChI is InChI=1S/C23H29N7O2/c1-15-20-13-17(14-24-21(20)30(4)27-15)26-23(32)22(31)25-16-5-7-18(8-6-16)29(3)19-9-11-28(2)12-10-19/h5-8,13-14,19H,9-12H2,1-4H3,(H,25,31)(H,26,32). The maximum Gasteiger partial charge on any atom is 0.314 e. The van der Waals surface area contributed by atoms with Crippen molar-refractivity contribution in [1.82, 2.24) is 19.7 Å². The lowest BCUT2D eigenvalue weighted by Crippen LogP contribution is -2.41. The van der Waals surface area contributed by atoms with Gasteiger partial charge in [-0.3, -0.25) is 14.3 Å². The number of aromatic nitrogens is 3. The van der Waals surface area contributed by atoms with Gasteiger partial charge in [-0.25, -0.2) is 4.98 Å². The first-order valence-corrected chi connectivity index (χ1v) is 10.7. The van der Waals surface area contributed by atoms with Crippen molar-refractivity contribution < 1.29 is 9.59 Å². The number of hydrogen-bond donors (Lipinski definition) is 2. The third kappa shape index (κ3) is 4.57. The number of benzene rings is 1. The van der Waals surface area contributed by atoms with Crippen molar-refractivity contribution in [1.29, 1.82) is 0 Å². The van der Waals surface area contributed by atoms with Gasteiger partial charge in [0.25, 0.3) is 0 Å². The molecule has 3 heterocycles. The number of carbonyl (C=O) groups excluding carboxylic acids is 2. The van der Waals surface area contributed by atoms with E-state index < -0.39 is 11.8 Å². The van der Waals surface area contributed by atoms with Gasteiger partial charge in [0.1, 0.15) is 0 Å². The number of rotatable bonds is 4. The molecular formula is C23H29N7O2. The lowest BCUT2D eigenvalue weighted by atomic mass is 10.0. The van der Waals surface area contributed by atoms with Crippen LogP contribution in [0.4, 0.5) is 17.1 Å². The second-order valence-corrected chi connectivity index (χ2v) is 8.40. The van der Waals surface area contributed by atoms with Crippen LogP contribution < -0.4 is 15.5 Å². The Morgan fingerprint density at radius 2 is 1.66 bits per heavy atom. The van der Waals surface area contributed by atoms with Crippen LogP contribution in [0.3, 0.4) is 0 Å². The molecule has 2 aromatic heterocycles. The minimum atomic E-state index is -0.750. The van der Waals surface area contributed by atoms with E-state index in [1.54, 1.807) is 10.7 Å². The molecule has 0 spiro atoms. The number of aryl methyl sites for hydroxylation is 2. The summed E-state index contributed by atoms with van der Waals surface area (Å²) in [6, 6.07) is 9.84. The molecule has 0 radical (unpaired) electrons. The largest absolute Gasteiger partial charge is 0.372 e.